The second-order valence-corrected chi connectivity index (χ2v) is 16.7. The van der Waals surface area contributed by atoms with Gasteiger partial charge in [0.05, 0.1) is 39.6 Å². The van der Waals surface area contributed by atoms with E-state index in [1.54, 1.807) is 0 Å². The second kappa shape index (κ2) is 16.6. The maximum absolute atomic E-state index is 13.0. The summed E-state index contributed by atoms with van der Waals surface area (Å²) in [5.74, 6) is 2.47. The number of nitrogens with zero attached hydrogens (tertiary/aromatic N) is 1. The minimum Gasteiger partial charge on any atom is -0.462 e. The van der Waals surface area contributed by atoms with Gasteiger partial charge in [-0.25, -0.2) is 0 Å². The number of carbonyl (C=O) groups is 3. The molecule has 0 radical (unpaired) electrons. The molecule has 4 aliphatic carbocycles. The Hall–Kier alpha value is -1.69. The van der Waals surface area contributed by atoms with E-state index < -0.39 is 0 Å². The summed E-state index contributed by atoms with van der Waals surface area (Å²) in [5.41, 5.74) is 1.81. The topological polar surface area (TPSA) is 72.5 Å². The minimum atomic E-state index is -0.234. The summed E-state index contributed by atoms with van der Waals surface area (Å²) in [5, 5.41) is 3.12. The Morgan fingerprint density at radius 1 is 0.891 bits per heavy atom. The van der Waals surface area contributed by atoms with Crippen LogP contribution in [0.25, 0.3) is 0 Å². The number of quaternary nitrogens is 1. The Bertz CT molecular complexity index is 1060. The van der Waals surface area contributed by atoms with Crippen molar-refractivity contribution in [3.05, 3.63) is 11.6 Å². The van der Waals surface area contributed by atoms with Gasteiger partial charge >= 0.3 is 5.97 Å². The van der Waals surface area contributed by atoms with E-state index in [2.05, 4.69) is 47.0 Å². The molecule has 3 unspecified atom stereocenters. The van der Waals surface area contributed by atoms with Gasteiger partial charge in [-0.05, 0) is 112 Å². The van der Waals surface area contributed by atoms with E-state index in [9.17, 15) is 14.4 Å². The van der Waals surface area contributed by atoms with Crippen molar-refractivity contribution in [1.29, 1.82) is 0 Å². The molecule has 6 heteroatoms. The fourth-order valence-corrected chi connectivity index (χ4v) is 10.7. The molecule has 4 aliphatic rings. The van der Waals surface area contributed by atoms with Crippen LogP contribution >= 0.6 is 0 Å². The van der Waals surface area contributed by atoms with Gasteiger partial charge in [-0.15, -0.1) is 0 Å². The molecule has 262 valence electrons. The normalized spacial score (nSPS) is 31.3. The van der Waals surface area contributed by atoms with Gasteiger partial charge in [-0.2, -0.15) is 0 Å². The van der Waals surface area contributed by atoms with E-state index in [1.165, 1.54) is 95.7 Å². The van der Waals surface area contributed by atoms with Gasteiger partial charge in [0, 0.05) is 18.8 Å². The monoisotopic (exact) mass is 642 g/mol. The number of carbonyl (C=O) groups excluding carboxylic acids is 3. The lowest BCUT2D eigenvalue weighted by molar-refractivity contribution is -0.908. The molecule has 1 amide bonds. The zero-order valence-electron chi connectivity index (χ0n) is 30.6. The first-order valence-electron chi connectivity index (χ1n) is 19.5. The Kier molecular flexibility index (Phi) is 13.4. The summed E-state index contributed by atoms with van der Waals surface area (Å²) in [4.78, 5) is 37.9. The van der Waals surface area contributed by atoms with Crippen LogP contribution < -0.4 is 5.32 Å². The van der Waals surface area contributed by atoms with Crippen molar-refractivity contribution in [3.63, 3.8) is 0 Å². The van der Waals surface area contributed by atoms with Gasteiger partial charge in [0.15, 0.2) is 5.78 Å². The molecule has 4 rings (SSSR count). The van der Waals surface area contributed by atoms with E-state index >= 15 is 0 Å². The SMILES string of the molecule is CCCCCC[N+](C)(CCCCCC)CCNC(=O)CCC(=O)O[C@@H](C)[C@H]1CCC2C3CCC4=CC(=O)CC[C@]4(C)C3CC[C@@]21C. The summed E-state index contributed by atoms with van der Waals surface area (Å²) in [7, 11) is 2.35. The Morgan fingerprint density at radius 2 is 1.59 bits per heavy atom. The molecule has 1 N–H and O–H groups in total. The molecule has 3 saturated carbocycles. The maximum atomic E-state index is 13.0. The number of nitrogens with one attached hydrogen (secondary N) is 1. The van der Waals surface area contributed by atoms with E-state index in [0.717, 1.165) is 30.3 Å². The van der Waals surface area contributed by atoms with Crippen molar-refractivity contribution in [1.82, 2.24) is 5.32 Å². The van der Waals surface area contributed by atoms with Gasteiger partial charge < -0.3 is 14.5 Å². The smallest absolute Gasteiger partial charge is 0.306 e. The van der Waals surface area contributed by atoms with E-state index in [0.29, 0.717) is 42.4 Å². The van der Waals surface area contributed by atoms with Crippen molar-refractivity contribution in [2.75, 3.05) is 33.2 Å². The highest BCUT2D eigenvalue weighted by Crippen LogP contribution is 2.67. The van der Waals surface area contributed by atoms with Crippen LogP contribution in [0.5, 0.6) is 0 Å². The summed E-state index contributed by atoms with van der Waals surface area (Å²) < 4.78 is 7.09. The number of amides is 1. The molecular formula is C40H69N2O4+. The summed E-state index contributed by atoms with van der Waals surface area (Å²) in [6.45, 7) is 15.5. The van der Waals surface area contributed by atoms with Crippen LogP contribution in [0.4, 0.5) is 0 Å². The zero-order valence-corrected chi connectivity index (χ0v) is 30.6. The molecule has 0 bridgehead atoms. The third kappa shape index (κ3) is 8.85. The molecule has 0 spiro atoms. The number of hydrogen-bond donors (Lipinski definition) is 1. The zero-order chi connectivity index (χ0) is 33.4. The average molecular weight is 642 g/mol. The van der Waals surface area contributed by atoms with Crippen molar-refractivity contribution in [2.45, 2.75) is 156 Å². The number of ether oxygens (including phenoxy) is 1. The molecule has 0 aromatic carbocycles. The van der Waals surface area contributed by atoms with Crippen LogP contribution in [0, 0.1) is 34.5 Å². The predicted octanol–water partition coefficient (Wildman–Crippen LogP) is 8.57. The molecule has 3 fully saturated rings. The van der Waals surface area contributed by atoms with Crippen LogP contribution in [0.1, 0.15) is 150 Å². The lowest BCUT2D eigenvalue weighted by Crippen LogP contribution is -2.51. The molecule has 0 heterocycles. The fourth-order valence-electron chi connectivity index (χ4n) is 10.7. The number of rotatable bonds is 18. The molecule has 0 aromatic heterocycles. The van der Waals surface area contributed by atoms with Gasteiger partial charge in [0.25, 0.3) is 0 Å². The number of esters is 1. The fraction of sp³-hybridized carbons (Fsp3) is 0.875. The lowest BCUT2D eigenvalue weighted by atomic mass is 9.46. The molecular weight excluding hydrogens is 572 g/mol. The quantitative estimate of drug-likeness (QED) is 0.0925. The Balaban J connectivity index is 1.21. The van der Waals surface area contributed by atoms with Crippen LogP contribution in [-0.4, -0.2) is 61.5 Å². The maximum Gasteiger partial charge on any atom is 0.306 e. The third-order valence-corrected chi connectivity index (χ3v) is 13.6. The average Bonchev–Trinajstić information content (AvgIpc) is 3.38. The predicted molar refractivity (Wildman–Crippen MR) is 187 cm³/mol. The first kappa shape index (κ1) is 37.1. The van der Waals surface area contributed by atoms with Crippen LogP contribution in [0.2, 0.25) is 0 Å². The number of fused-ring (bicyclic) bond motifs is 5. The van der Waals surface area contributed by atoms with E-state index in [1.807, 2.05) is 6.08 Å². The third-order valence-electron chi connectivity index (χ3n) is 13.6. The summed E-state index contributed by atoms with van der Waals surface area (Å²) >= 11 is 0. The number of ketones is 1. The van der Waals surface area contributed by atoms with Gasteiger partial charge in [0.1, 0.15) is 6.10 Å². The minimum absolute atomic E-state index is 0.0389. The lowest BCUT2D eigenvalue weighted by Gasteiger charge is -2.58. The molecule has 0 aromatic rings. The standard InChI is InChI=1S/C40H68N2O4/c1-7-9-11-13-26-42(6,27-14-12-10-8-2)28-25-41-37(44)19-20-38(45)46-30(3)34-17-18-35-33-16-15-31-29-32(43)21-23-39(31,4)36(33)22-24-40(34,35)5/h29-30,33-36H,7-28H2,1-6H3/p+1/t30-,33?,34+,35?,36?,39-,40+/m0/s1. The Morgan fingerprint density at radius 3 is 2.26 bits per heavy atom. The number of hydrogen-bond acceptors (Lipinski definition) is 4. The van der Waals surface area contributed by atoms with E-state index in [-0.39, 0.29) is 41.7 Å². The van der Waals surface area contributed by atoms with Crippen LogP contribution in [-0.2, 0) is 19.1 Å². The number of unbranched alkanes of at least 4 members (excludes halogenated alkanes) is 6. The second-order valence-electron chi connectivity index (χ2n) is 16.7. The molecule has 6 nitrogen and oxygen atoms in total. The molecule has 0 aliphatic heterocycles. The van der Waals surface area contributed by atoms with Crippen molar-refractivity contribution in [3.8, 4) is 0 Å². The highest BCUT2D eigenvalue weighted by molar-refractivity contribution is 5.91. The highest BCUT2D eigenvalue weighted by Gasteiger charge is 2.60. The largest absolute Gasteiger partial charge is 0.462 e. The van der Waals surface area contributed by atoms with Crippen LogP contribution in [0.3, 0.4) is 0 Å². The first-order chi connectivity index (χ1) is 22.0. The van der Waals surface area contributed by atoms with Crippen molar-refractivity contribution in [2.24, 2.45) is 34.5 Å². The van der Waals surface area contributed by atoms with Crippen molar-refractivity contribution < 1.29 is 23.6 Å². The molecule has 46 heavy (non-hydrogen) atoms. The highest BCUT2D eigenvalue weighted by atomic mass is 16.5. The molecule has 7 atom stereocenters. The summed E-state index contributed by atoms with van der Waals surface area (Å²) in [6, 6.07) is 0. The number of likely N-dealkylation sites (N-methyl/N-ethyl adjacent to an activating group) is 1. The summed E-state index contributed by atoms with van der Waals surface area (Å²) in [6.07, 6.45) is 21.1. The van der Waals surface area contributed by atoms with Gasteiger partial charge in [-0.3, -0.25) is 14.4 Å². The van der Waals surface area contributed by atoms with Gasteiger partial charge in [0.2, 0.25) is 5.91 Å². The van der Waals surface area contributed by atoms with Gasteiger partial charge in [-0.1, -0.05) is 59.0 Å². The molecule has 0 saturated heterocycles. The van der Waals surface area contributed by atoms with Crippen molar-refractivity contribution >= 4 is 17.7 Å². The number of allylic oxidation sites excluding steroid dienone is 1. The van der Waals surface area contributed by atoms with E-state index in [4.69, 9.17) is 4.74 Å². The van der Waals surface area contributed by atoms with Crippen LogP contribution in [0.15, 0.2) is 11.6 Å². The first-order valence-corrected chi connectivity index (χ1v) is 19.5. The Labute approximate surface area is 281 Å².